The zero-order valence-corrected chi connectivity index (χ0v) is 12.8. The van der Waals surface area contributed by atoms with Gasteiger partial charge in [-0.1, -0.05) is 36.4 Å². The quantitative estimate of drug-likeness (QED) is 0.438. The van der Waals surface area contributed by atoms with Gasteiger partial charge in [-0.15, -0.1) is 0 Å². The number of para-hydroxylation sites is 3. The molecule has 0 bridgehead atoms. The first-order valence-corrected chi connectivity index (χ1v) is 7.76. The van der Waals surface area contributed by atoms with Crippen molar-refractivity contribution in [3.8, 4) is 5.69 Å². The third-order valence-electron chi connectivity index (χ3n) is 4.37. The Morgan fingerprint density at radius 2 is 1.48 bits per heavy atom. The van der Waals surface area contributed by atoms with Crippen LogP contribution < -0.4 is 0 Å². The highest BCUT2D eigenvalue weighted by atomic mass is 15.2. The average molecular weight is 297 g/mol. The minimum absolute atomic E-state index is 0.956. The summed E-state index contributed by atoms with van der Waals surface area (Å²) in [6.07, 6.45) is 0. The summed E-state index contributed by atoms with van der Waals surface area (Å²) >= 11 is 0. The van der Waals surface area contributed by atoms with Crippen LogP contribution in [0.2, 0.25) is 0 Å². The van der Waals surface area contributed by atoms with Crippen LogP contribution in [0.1, 0.15) is 5.56 Å². The number of rotatable bonds is 1. The molecular weight excluding hydrogens is 282 g/mol. The Hall–Kier alpha value is -3.07. The fraction of sp³-hybridized carbons (Fsp3) is 0.0500. The zero-order chi connectivity index (χ0) is 15.4. The highest BCUT2D eigenvalue weighted by molar-refractivity contribution is 5.92. The van der Waals surface area contributed by atoms with Crippen molar-refractivity contribution in [2.75, 3.05) is 0 Å². The van der Waals surface area contributed by atoms with Crippen LogP contribution in [0.3, 0.4) is 0 Å². The van der Waals surface area contributed by atoms with Crippen molar-refractivity contribution in [2.45, 2.75) is 6.92 Å². The molecule has 0 aliphatic heterocycles. The topological polar surface area (TPSA) is 22.2 Å². The van der Waals surface area contributed by atoms with Gasteiger partial charge in [0.05, 0.1) is 22.1 Å². The molecule has 0 aliphatic rings. The number of aromatic nitrogens is 3. The molecule has 110 valence electrons. The maximum atomic E-state index is 4.90. The van der Waals surface area contributed by atoms with Gasteiger partial charge in [-0.3, -0.25) is 8.97 Å². The van der Waals surface area contributed by atoms with Crippen LogP contribution in [0.25, 0.3) is 33.5 Å². The third kappa shape index (κ3) is 1.67. The first-order chi connectivity index (χ1) is 11.3. The Labute approximate surface area is 133 Å². The minimum Gasteiger partial charge on any atom is -0.278 e. The van der Waals surface area contributed by atoms with Crippen molar-refractivity contribution in [1.29, 1.82) is 0 Å². The van der Waals surface area contributed by atoms with E-state index >= 15 is 0 Å². The average Bonchev–Trinajstić information content (AvgIpc) is 3.10. The van der Waals surface area contributed by atoms with Gasteiger partial charge in [0, 0.05) is 5.69 Å². The minimum atomic E-state index is 0.956. The van der Waals surface area contributed by atoms with Gasteiger partial charge in [0.25, 0.3) is 0 Å². The summed E-state index contributed by atoms with van der Waals surface area (Å²) in [7, 11) is 0. The maximum absolute atomic E-state index is 4.90. The lowest BCUT2D eigenvalue weighted by Gasteiger charge is -2.04. The molecule has 0 amide bonds. The maximum Gasteiger partial charge on any atom is 0.220 e. The molecule has 0 N–H and O–H groups in total. The van der Waals surface area contributed by atoms with E-state index in [9.17, 15) is 0 Å². The summed E-state index contributed by atoms with van der Waals surface area (Å²) < 4.78 is 4.48. The molecule has 0 saturated carbocycles. The van der Waals surface area contributed by atoms with E-state index in [1.807, 2.05) is 6.07 Å². The number of benzene rings is 3. The monoisotopic (exact) mass is 297 g/mol. The van der Waals surface area contributed by atoms with E-state index in [1.54, 1.807) is 0 Å². The predicted octanol–water partition coefficient (Wildman–Crippen LogP) is 4.74. The standard InChI is InChI=1S/C20H15N3/c1-14-11-12-16-19(13-14)23-18-10-6-5-9-17(18)22(20(23)21-16)15-7-3-2-4-8-15/h2-13H,1H3. The Kier molecular flexibility index (Phi) is 2.42. The summed E-state index contributed by atoms with van der Waals surface area (Å²) in [6.45, 7) is 2.12. The highest BCUT2D eigenvalue weighted by Crippen LogP contribution is 2.29. The third-order valence-corrected chi connectivity index (χ3v) is 4.37. The molecule has 3 aromatic carbocycles. The van der Waals surface area contributed by atoms with Gasteiger partial charge < -0.3 is 0 Å². The second-order valence-electron chi connectivity index (χ2n) is 5.90. The lowest BCUT2D eigenvalue weighted by molar-refractivity contribution is 1.11. The van der Waals surface area contributed by atoms with Crippen molar-refractivity contribution < 1.29 is 0 Å². The van der Waals surface area contributed by atoms with Crippen LogP contribution in [-0.2, 0) is 0 Å². The molecule has 5 rings (SSSR count). The zero-order valence-electron chi connectivity index (χ0n) is 12.8. The molecule has 2 heterocycles. The van der Waals surface area contributed by atoms with Gasteiger partial charge >= 0.3 is 0 Å². The summed E-state index contributed by atoms with van der Waals surface area (Å²) in [5.74, 6) is 0.956. The van der Waals surface area contributed by atoms with Crippen LogP contribution >= 0.6 is 0 Å². The Balaban J connectivity index is 2.05. The molecular formula is C20H15N3. The van der Waals surface area contributed by atoms with Gasteiger partial charge in [-0.25, -0.2) is 4.98 Å². The molecule has 0 saturated heterocycles. The Bertz CT molecular complexity index is 1160. The van der Waals surface area contributed by atoms with Crippen molar-refractivity contribution in [1.82, 2.24) is 14.0 Å². The van der Waals surface area contributed by atoms with Gasteiger partial charge in [0.15, 0.2) is 0 Å². The fourth-order valence-electron chi connectivity index (χ4n) is 3.34. The summed E-state index contributed by atoms with van der Waals surface area (Å²) in [5, 5.41) is 0. The lowest BCUT2D eigenvalue weighted by atomic mass is 10.2. The SMILES string of the molecule is Cc1ccc2nc3n(-c4ccccc4)c4ccccc4n3c2c1. The number of hydrogen-bond donors (Lipinski definition) is 0. The summed E-state index contributed by atoms with van der Waals surface area (Å²) in [5.41, 5.74) is 6.91. The molecule has 0 unspecified atom stereocenters. The predicted molar refractivity (Wildman–Crippen MR) is 94.3 cm³/mol. The molecule has 0 fully saturated rings. The van der Waals surface area contributed by atoms with Crippen molar-refractivity contribution in [2.24, 2.45) is 0 Å². The summed E-state index contributed by atoms with van der Waals surface area (Å²) in [4.78, 5) is 4.90. The van der Waals surface area contributed by atoms with E-state index in [0.717, 1.165) is 22.5 Å². The van der Waals surface area contributed by atoms with E-state index in [1.165, 1.54) is 16.6 Å². The van der Waals surface area contributed by atoms with E-state index in [4.69, 9.17) is 4.98 Å². The smallest absolute Gasteiger partial charge is 0.220 e. The normalized spacial score (nSPS) is 11.7. The van der Waals surface area contributed by atoms with Crippen LogP contribution in [0.4, 0.5) is 0 Å². The van der Waals surface area contributed by atoms with Crippen molar-refractivity contribution in [3.05, 3.63) is 78.4 Å². The molecule has 2 aromatic heterocycles. The number of aryl methyl sites for hydroxylation is 1. The number of hydrogen-bond acceptors (Lipinski definition) is 1. The van der Waals surface area contributed by atoms with E-state index in [2.05, 4.69) is 82.6 Å². The second-order valence-corrected chi connectivity index (χ2v) is 5.90. The molecule has 0 radical (unpaired) electrons. The Morgan fingerprint density at radius 1 is 0.739 bits per heavy atom. The molecule has 3 nitrogen and oxygen atoms in total. The van der Waals surface area contributed by atoms with Crippen LogP contribution in [0.15, 0.2) is 72.8 Å². The number of imidazole rings is 2. The first kappa shape index (κ1) is 12.5. The van der Waals surface area contributed by atoms with Gasteiger partial charge in [0.2, 0.25) is 5.78 Å². The molecule has 5 aromatic rings. The van der Waals surface area contributed by atoms with Gasteiger partial charge in [0.1, 0.15) is 0 Å². The number of nitrogens with zero attached hydrogens (tertiary/aromatic N) is 3. The van der Waals surface area contributed by atoms with Crippen LogP contribution in [0.5, 0.6) is 0 Å². The van der Waals surface area contributed by atoms with Crippen molar-refractivity contribution >= 4 is 27.8 Å². The molecule has 3 heteroatoms. The van der Waals surface area contributed by atoms with E-state index in [0.29, 0.717) is 0 Å². The summed E-state index contributed by atoms with van der Waals surface area (Å²) in [6, 6.07) is 25.3. The van der Waals surface area contributed by atoms with E-state index < -0.39 is 0 Å². The van der Waals surface area contributed by atoms with Crippen LogP contribution in [-0.4, -0.2) is 14.0 Å². The lowest BCUT2D eigenvalue weighted by Crippen LogP contribution is -1.94. The van der Waals surface area contributed by atoms with E-state index in [-0.39, 0.29) is 0 Å². The number of fused-ring (bicyclic) bond motifs is 5. The fourth-order valence-corrected chi connectivity index (χ4v) is 3.34. The van der Waals surface area contributed by atoms with Crippen molar-refractivity contribution in [3.63, 3.8) is 0 Å². The molecule has 0 spiro atoms. The van der Waals surface area contributed by atoms with Crippen LogP contribution in [0, 0.1) is 6.92 Å². The van der Waals surface area contributed by atoms with Gasteiger partial charge in [-0.2, -0.15) is 0 Å². The second kappa shape index (κ2) is 4.46. The largest absolute Gasteiger partial charge is 0.278 e. The molecule has 0 atom stereocenters. The first-order valence-electron chi connectivity index (χ1n) is 7.76. The van der Waals surface area contributed by atoms with Gasteiger partial charge in [-0.05, 0) is 48.9 Å². The highest BCUT2D eigenvalue weighted by Gasteiger charge is 2.16. The Morgan fingerprint density at radius 3 is 2.30 bits per heavy atom. The molecule has 23 heavy (non-hydrogen) atoms. The molecule has 0 aliphatic carbocycles.